The molecule has 0 aromatic carbocycles. The van der Waals surface area contributed by atoms with E-state index in [4.69, 9.17) is 9.39 Å². The van der Waals surface area contributed by atoms with E-state index in [1.165, 1.54) is 0 Å². The van der Waals surface area contributed by atoms with E-state index in [1.807, 2.05) is 0 Å². The Labute approximate surface area is 153 Å². The monoisotopic (exact) mass is 414 g/mol. The smallest absolute Gasteiger partial charge is 0.312 e. The molecule has 3 heterocycles. The summed E-state index contributed by atoms with van der Waals surface area (Å²) in [5.41, 5.74) is 2.07. The number of hydroxylamine groups is 3. The van der Waals surface area contributed by atoms with Crippen molar-refractivity contribution in [2.24, 2.45) is 0 Å². The van der Waals surface area contributed by atoms with Crippen LogP contribution in [0, 0.1) is 0 Å². The molecule has 3 amide bonds. The molecule has 11 nitrogen and oxygen atoms in total. The first kappa shape index (κ1) is 20.1. The summed E-state index contributed by atoms with van der Waals surface area (Å²) in [6.45, 7) is 0.330. The van der Waals surface area contributed by atoms with Gasteiger partial charge in [-0.2, -0.15) is 13.5 Å². The zero-order chi connectivity index (χ0) is 19.8. The lowest BCUT2D eigenvalue weighted by Gasteiger charge is -2.34. The van der Waals surface area contributed by atoms with Crippen molar-refractivity contribution in [3.05, 3.63) is 0 Å². The molecule has 3 fully saturated rings. The highest BCUT2D eigenvalue weighted by Gasteiger charge is 2.62. The van der Waals surface area contributed by atoms with Gasteiger partial charge in [0.1, 0.15) is 12.1 Å². The molecule has 0 aromatic heterocycles. The van der Waals surface area contributed by atoms with Crippen LogP contribution in [0.1, 0.15) is 25.7 Å². The largest absolute Gasteiger partial charge is 0.418 e. The maximum Gasteiger partial charge on any atom is 0.418 e. The molecular formula is C13H20F2N4O7S. The van der Waals surface area contributed by atoms with E-state index < -0.39 is 53.3 Å². The molecule has 2 bridgehead atoms. The summed E-state index contributed by atoms with van der Waals surface area (Å²) in [5, 5.41) is 3.07. The van der Waals surface area contributed by atoms with Crippen LogP contribution in [0.15, 0.2) is 0 Å². The fraction of sp³-hybridized carbons (Fsp3) is 0.846. The molecule has 0 saturated carbocycles. The molecule has 0 radical (unpaired) electrons. The van der Waals surface area contributed by atoms with Crippen LogP contribution in [-0.4, -0.2) is 78.6 Å². The number of hydrogen-bond acceptors (Lipinski definition) is 7. The van der Waals surface area contributed by atoms with E-state index in [0.29, 0.717) is 0 Å². The predicted octanol–water partition coefficient (Wildman–Crippen LogP) is -0.575. The lowest BCUT2D eigenvalue weighted by Crippen LogP contribution is -2.56. The third-order valence-electron chi connectivity index (χ3n) is 4.76. The van der Waals surface area contributed by atoms with Crippen LogP contribution in [0.4, 0.5) is 13.6 Å². The van der Waals surface area contributed by atoms with Crippen LogP contribution >= 0.6 is 0 Å². The molecule has 3 aliphatic rings. The summed E-state index contributed by atoms with van der Waals surface area (Å²) in [7, 11) is -5.18. The van der Waals surface area contributed by atoms with E-state index in [2.05, 4.69) is 15.1 Å². The zero-order valence-electron chi connectivity index (χ0n) is 14.1. The summed E-state index contributed by atoms with van der Waals surface area (Å²) in [5.74, 6) is -4.56. The van der Waals surface area contributed by atoms with Crippen molar-refractivity contribution in [1.82, 2.24) is 20.8 Å². The molecule has 1 unspecified atom stereocenters. The van der Waals surface area contributed by atoms with Crippen molar-refractivity contribution in [1.29, 1.82) is 0 Å². The van der Waals surface area contributed by atoms with Crippen molar-refractivity contribution in [3.63, 3.8) is 0 Å². The molecule has 0 aliphatic carbocycles. The Kier molecular flexibility index (Phi) is 5.54. The van der Waals surface area contributed by atoms with E-state index >= 15 is 0 Å². The van der Waals surface area contributed by atoms with Gasteiger partial charge in [-0.05, 0) is 19.4 Å². The highest BCUT2D eigenvalue weighted by Crippen LogP contribution is 2.41. The summed E-state index contributed by atoms with van der Waals surface area (Å²) in [6, 6.07) is -4.74. The maximum atomic E-state index is 14.3. The van der Waals surface area contributed by atoms with E-state index in [9.17, 15) is 26.8 Å². The molecule has 3 atom stereocenters. The molecule has 154 valence electrons. The minimum atomic E-state index is -5.18. The fourth-order valence-electron chi connectivity index (χ4n) is 3.44. The number of halogens is 2. The molecule has 3 N–H and O–H groups in total. The molecule has 0 aromatic rings. The summed E-state index contributed by atoms with van der Waals surface area (Å²) >= 11 is 0. The number of hydrogen-bond donors (Lipinski definition) is 3. The number of piperidine rings is 2. The summed E-state index contributed by atoms with van der Waals surface area (Å²) in [6.07, 6.45) is 1.87. The van der Waals surface area contributed by atoms with Crippen molar-refractivity contribution in [2.75, 3.05) is 19.7 Å². The first-order valence-electron chi connectivity index (χ1n) is 8.38. The Morgan fingerprint density at radius 2 is 2.15 bits per heavy atom. The standard InChI is InChI=1S/C13H20F2N4O7S/c14-13(15)5-9(11(20)17-25-7-8-3-1-2-4-16-8)18-6-10(13)19(12(18)21)26-27(22,23)24/h8-10,16H,1-7H2,(H,17,20)(H,22,23,24)/t8?,9-,10+/m0/s1. The second kappa shape index (κ2) is 7.43. The lowest BCUT2D eigenvalue weighted by molar-refractivity contribution is -0.159. The van der Waals surface area contributed by atoms with Gasteiger partial charge < -0.3 is 10.2 Å². The van der Waals surface area contributed by atoms with Crippen molar-refractivity contribution in [2.45, 2.75) is 49.7 Å². The Morgan fingerprint density at radius 3 is 2.78 bits per heavy atom. The van der Waals surface area contributed by atoms with Crippen molar-refractivity contribution in [3.8, 4) is 0 Å². The average molecular weight is 414 g/mol. The van der Waals surface area contributed by atoms with Gasteiger partial charge in [0.05, 0.1) is 13.2 Å². The lowest BCUT2D eigenvalue weighted by atomic mass is 9.96. The second-order valence-electron chi connectivity index (χ2n) is 6.68. The third kappa shape index (κ3) is 4.45. The van der Waals surface area contributed by atoms with Gasteiger partial charge in [-0.25, -0.2) is 19.1 Å². The number of rotatable bonds is 6. The van der Waals surface area contributed by atoms with Crippen LogP contribution in [-0.2, 0) is 24.3 Å². The van der Waals surface area contributed by atoms with Crippen LogP contribution in [0.3, 0.4) is 0 Å². The van der Waals surface area contributed by atoms with Crippen LogP contribution in [0.2, 0.25) is 0 Å². The molecule has 3 saturated heterocycles. The van der Waals surface area contributed by atoms with Gasteiger partial charge in [-0.15, -0.1) is 4.28 Å². The number of nitrogens with zero attached hydrogens (tertiary/aromatic N) is 2. The number of carbonyl (C=O) groups excluding carboxylic acids is 2. The van der Waals surface area contributed by atoms with Crippen molar-refractivity contribution >= 4 is 22.3 Å². The maximum absolute atomic E-state index is 14.3. The van der Waals surface area contributed by atoms with E-state index in [1.54, 1.807) is 0 Å². The first-order valence-corrected chi connectivity index (χ1v) is 9.75. The topological polar surface area (TPSA) is 138 Å². The first-order chi connectivity index (χ1) is 12.6. The number of carbonyl (C=O) groups is 2. The Morgan fingerprint density at radius 1 is 1.41 bits per heavy atom. The second-order valence-corrected chi connectivity index (χ2v) is 7.69. The molecular weight excluding hydrogens is 394 g/mol. The highest BCUT2D eigenvalue weighted by atomic mass is 32.3. The minimum absolute atomic E-state index is 0.0308. The number of amides is 3. The molecule has 3 rings (SSSR count). The molecule has 27 heavy (non-hydrogen) atoms. The van der Waals surface area contributed by atoms with Gasteiger partial charge in [0.25, 0.3) is 11.8 Å². The van der Waals surface area contributed by atoms with Gasteiger partial charge >= 0.3 is 16.4 Å². The number of nitrogens with one attached hydrogen (secondary N) is 2. The van der Waals surface area contributed by atoms with Gasteiger partial charge in [0.15, 0.2) is 0 Å². The number of alkyl halides is 2. The molecule has 3 aliphatic heterocycles. The minimum Gasteiger partial charge on any atom is -0.312 e. The van der Waals surface area contributed by atoms with Crippen molar-refractivity contribution < 1.29 is 40.5 Å². The molecule has 14 heteroatoms. The van der Waals surface area contributed by atoms with E-state index in [-0.39, 0.29) is 17.7 Å². The average Bonchev–Trinajstić information content (AvgIpc) is 2.86. The van der Waals surface area contributed by atoms with Crippen LogP contribution in [0.5, 0.6) is 0 Å². The Balaban J connectivity index is 1.62. The fourth-order valence-corrected chi connectivity index (χ4v) is 3.81. The predicted molar refractivity (Wildman–Crippen MR) is 83.5 cm³/mol. The zero-order valence-corrected chi connectivity index (χ0v) is 15.0. The molecule has 0 spiro atoms. The van der Waals surface area contributed by atoms with E-state index in [0.717, 1.165) is 30.7 Å². The van der Waals surface area contributed by atoms with Gasteiger partial charge in [0.2, 0.25) is 0 Å². The normalized spacial score (nSPS) is 30.5. The number of fused-ring (bicyclic) bond motifs is 2. The quantitative estimate of drug-likeness (QED) is 0.388. The van der Waals surface area contributed by atoms with Gasteiger partial charge in [-0.3, -0.25) is 14.2 Å². The third-order valence-corrected chi connectivity index (χ3v) is 5.11. The van der Waals surface area contributed by atoms with Crippen LogP contribution in [0.25, 0.3) is 0 Å². The SMILES string of the molecule is O=C(NOCC1CCCCN1)[C@@H]1CC(F)(F)[C@H]2CN1C(=O)N2OS(=O)(=O)O. The summed E-state index contributed by atoms with van der Waals surface area (Å²) < 4.78 is 62.9. The number of urea groups is 1. The Bertz CT molecular complexity index is 701. The van der Waals surface area contributed by atoms with Gasteiger partial charge in [0, 0.05) is 12.5 Å². The Hall–Kier alpha value is -1.61. The van der Waals surface area contributed by atoms with Crippen LogP contribution < -0.4 is 10.8 Å². The highest BCUT2D eigenvalue weighted by molar-refractivity contribution is 7.80. The summed E-state index contributed by atoms with van der Waals surface area (Å²) in [4.78, 5) is 30.3. The van der Waals surface area contributed by atoms with Gasteiger partial charge in [-0.1, -0.05) is 6.42 Å².